The molecule has 5 heteroatoms. The van der Waals surface area contributed by atoms with E-state index in [1.54, 1.807) is 19.4 Å². The molecule has 1 aromatic carbocycles. The predicted octanol–water partition coefficient (Wildman–Crippen LogP) is 3.48. The maximum atomic E-state index is 12.1. The van der Waals surface area contributed by atoms with Crippen molar-refractivity contribution in [2.75, 3.05) is 19.0 Å². The first-order chi connectivity index (χ1) is 11.6. The van der Waals surface area contributed by atoms with E-state index < -0.39 is 0 Å². The van der Waals surface area contributed by atoms with Crippen LogP contribution in [-0.4, -0.2) is 24.5 Å². The van der Waals surface area contributed by atoms with Gasteiger partial charge in [-0.2, -0.15) is 0 Å². The van der Waals surface area contributed by atoms with Crippen LogP contribution in [0.1, 0.15) is 36.3 Å². The predicted molar refractivity (Wildman–Crippen MR) is 96.3 cm³/mol. The minimum atomic E-state index is -0.135. The molecule has 0 bridgehead atoms. The van der Waals surface area contributed by atoms with Crippen molar-refractivity contribution in [3.8, 4) is 5.75 Å². The summed E-state index contributed by atoms with van der Waals surface area (Å²) in [5, 5.41) is 6.21. The number of nitrogens with zero attached hydrogens (tertiary/aromatic N) is 1. The van der Waals surface area contributed by atoms with Crippen molar-refractivity contribution in [1.29, 1.82) is 0 Å². The SMILES string of the molecule is COc1ccc(CNc2ccnc(C(=O)NCCC(C)C)c2)cc1. The maximum Gasteiger partial charge on any atom is 0.269 e. The standard InChI is InChI=1S/C19H25N3O2/c1-14(2)8-10-21-19(23)18-12-16(9-11-20-18)22-13-15-4-6-17(24-3)7-5-15/h4-7,9,11-12,14H,8,10,13H2,1-3H3,(H,20,22)(H,21,23). The van der Waals surface area contributed by atoms with Gasteiger partial charge in [0.15, 0.2) is 0 Å². The van der Waals surface area contributed by atoms with Gasteiger partial charge in [0.1, 0.15) is 11.4 Å². The Balaban J connectivity index is 1.90. The Kier molecular flexibility index (Phi) is 6.61. The molecule has 5 nitrogen and oxygen atoms in total. The Morgan fingerprint density at radius 2 is 1.96 bits per heavy atom. The summed E-state index contributed by atoms with van der Waals surface area (Å²) in [6.07, 6.45) is 2.61. The molecule has 2 aromatic rings. The molecular formula is C19H25N3O2. The van der Waals surface area contributed by atoms with Crippen LogP contribution in [0.4, 0.5) is 5.69 Å². The van der Waals surface area contributed by atoms with Crippen molar-refractivity contribution in [2.45, 2.75) is 26.8 Å². The second-order valence-electron chi connectivity index (χ2n) is 6.07. The topological polar surface area (TPSA) is 63.2 Å². The smallest absolute Gasteiger partial charge is 0.269 e. The van der Waals surface area contributed by atoms with Crippen molar-refractivity contribution in [3.05, 3.63) is 53.9 Å². The molecule has 1 amide bonds. The molecule has 0 aliphatic rings. The lowest BCUT2D eigenvalue weighted by Gasteiger charge is -2.10. The van der Waals surface area contributed by atoms with Crippen molar-refractivity contribution in [1.82, 2.24) is 10.3 Å². The average Bonchev–Trinajstić information content (AvgIpc) is 2.60. The van der Waals surface area contributed by atoms with Gasteiger partial charge in [0.2, 0.25) is 0 Å². The van der Waals surface area contributed by atoms with Gasteiger partial charge in [-0.25, -0.2) is 0 Å². The van der Waals surface area contributed by atoms with Crippen LogP contribution in [0.3, 0.4) is 0 Å². The van der Waals surface area contributed by atoms with Crippen molar-refractivity contribution in [2.24, 2.45) is 5.92 Å². The zero-order valence-electron chi connectivity index (χ0n) is 14.5. The van der Waals surface area contributed by atoms with E-state index in [0.29, 0.717) is 24.7 Å². The highest BCUT2D eigenvalue weighted by atomic mass is 16.5. The van der Waals surface area contributed by atoms with Crippen LogP contribution >= 0.6 is 0 Å². The lowest BCUT2D eigenvalue weighted by molar-refractivity contribution is 0.0947. The molecule has 2 N–H and O–H groups in total. The first kappa shape index (κ1) is 17.8. The molecule has 0 aliphatic heterocycles. The number of hydrogen-bond acceptors (Lipinski definition) is 4. The molecular weight excluding hydrogens is 302 g/mol. The van der Waals surface area contributed by atoms with E-state index in [2.05, 4.69) is 29.5 Å². The second-order valence-corrected chi connectivity index (χ2v) is 6.07. The third kappa shape index (κ3) is 5.57. The number of methoxy groups -OCH3 is 1. The first-order valence-electron chi connectivity index (χ1n) is 8.19. The van der Waals surface area contributed by atoms with Gasteiger partial charge in [-0.05, 0) is 42.2 Å². The molecule has 0 spiro atoms. The Morgan fingerprint density at radius 1 is 1.21 bits per heavy atom. The van der Waals surface area contributed by atoms with E-state index in [4.69, 9.17) is 4.74 Å². The fourth-order valence-corrected chi connectivity index (χ4v) is 2.18. The van der Waals surface area contributed by atoms with E-state index in [-0.39, 0.29) is 5.91 Å². The summed E-state index contributed by atoms with van der Waals surface area (Å²) in [5.41, 5.74) is 2.43. The maximum absolute atomic E-state index is 12.1. The molecule has 0 unspecified atom stereocenters. The van der Waals surface area contributed by atoms with Crippen LogP contribution in [0.5, 0.6) is 5.75 Å². The number of carbonyl (C=O) groups is 1. The van der Waals surface area contributed by atoms with Gasteiger partial charge in [-0.3, -0.25) is 9.78 Å². The van der Waals surface area contributed by atoms with Crippen LogP contribution in [0, 0.1) is 5.92 Å². The summed E-state index contributed by atoms with van der Waals surface area (Å²) in [6, 6.07) is 11.5. The monoisotopic (exact) mass is 327 g/mol. The van der Waals surface area contributed by atoms with Gasteiger partial charge in [-0.1, -0.05) is 26.0 Å². The molecule has 0 saturated heterocycles. The number of rotatable bonds is 8. The highest BCUT2D eigenvalue weighted by Gasteiger charge is 2.07. The van der Waals surface area contributed by atoms with Crippen LogP contribution in [0.2, 0.25) is 0 Å². The van der Waals surface area contributed by atoms with Gasteiger partial charge in [0.25, 0.3) is 5.91 Å². The minimum Gasteiger partial charge on any atom is -0.497 e. The van der Waals surface area contributed by atoms with Gasteiger partial charge >= 0.3 is 0 Å². The highest BCUT2D eigenvalue weighted by Crippen LogP contribution is 2.14. The summed E-state index contributed by atoms with van der Waals surface area (Å²) in [7, 11) is 1.65. The molecule has 2 rings (SSSR count). The number of aromatic nitrogens is 1. The number of anilines is 1. The Bertz CT molecular complexity index is 654. The molecule has 1 heterocycles. The Morgan fingerprint density at radius 3 is 2.62 bits per heavy atom. The zero-order valence-corrected chi connectivity index (χ0v) is 14.5. The van der Waals surface area contributed by atoms with Crippen molar-refractivity contribution < 1.29 is 9.53 Å². The second kappa shape index (κ2) is 8.91. The van der Waals surface area contributed by atoms with E-state index in [1.807, 2.05) is 30.3 Å². The van der Waals surface area contributed by atoms with Gasteiger partial charge in [0.05, 0.1) is 7.11 Å². The number of carbonyl (C=O) groups excluding carboxylic acids is 1. The lowest BCUT2D eigenvalue weighted by atomic mass is 10.1. The summed E-state index contributed by atoms with van der Waals surface area (Å²) in [5.74, 6) is 1.27. The molecule has 0 radical (unpaired) electrons. The fourth-order valence-electron chi connectivity index (χ4n) is 2.18. The van der Waals surface area contributed by atoms with E-state index in [9.17, 15) is 4.79 Å². The summed E-state index contributed by atoms with van der Waals surface area (Å²) in [6.45, 7) is 5.60. The van der Waals surface area contributed by atoms with Gasteiger partial charge < -0.3 is 15.4 Å². The molecule has 0 saturated carbocycles. The summed E-state index contributed by atoms with van der Waals surface area (Å²) >= 11 is 0. The normalized spacial score (nSPS) is 10.5. The summed E-state index contributed by atoms with van der Waals surface area (Å²) < 4.78 is 5.15. The zero-order chi connectivity index (χ0) is 17.4. The van der Waals surface area contributed by atoms with E-state index in [0.717, 1.165) is 23.4 Å². The number of hydrogen-bond donors (Lipinski definition) is 2. The number of ether oxygens (including phenoxy) is 1. The van der Waals surface area contributed by atoms with Crippen LogP contribution < -0.4 is 15.4 Å². The molecule has 0 aliphatic carbocycles. The third-order valence-corrected chi connectivity index (χ3v) is 3.66. The van der Waals surface area contributed by atoms with Gasteiger partial charge in [-0.15, -0.1) is 0 Å². The highest BCUT2D eigenvalue weighted by molar-refractivity contribution is 5.93. The van der Waals surface area contributed by atoms with Crippen molar-refractivity contribution in [3.63, 3.8) is 0 Å². The Hall–Kier alpha value is -2.56. The number of benzene rings is 1. The molecule has 0 atom stereocenters. The third-order valence-electron chi connectivity index (χ3n) is 3.66. The number of pyridine rings is 1. The lowest BCUT2D eigenvalue weighted by Crippen LogP contribution is -2.26. The molecule has 24 heavy (non-hydrogen) atoms. The quantitative estimate of drug-likeness (QED) is 0.779. The first-order valence-corrected chi connectivity index (χ1v) is 8.19. The number of amides is 1. The average molecular weight is 327 g/mol. The van der Waals surface area contributed by atoms with Crippen LogP contribution in [0.15, 0.2) is 42.6 Å². The largest absolute Gasteiger partial charge is 0.497 e. The van der Waals surface area contributed by atoms with Gasteiger partial charge in [0, 0.05) is 25.0 Å². The van der Waals surface area contributed by atoms with Crippen molar-refractivity contribution >= 4 is 11.6 Å². The number of nitrogens with one attached hydrogen (secondary N) is 2. The Labute approximate surface area is 143 Å². The van der Waals surface area contributed by atoms with Crippen LogP contribution in [-0.2, 0) is 6.54 Å². The van der Waals surface area contributed by atoms with E-state index >= 15 is 0 Å². The minimum absolute atomic E-state index is 0.135. The summed E-state index contributed by atoms with van der Waals surface area (Å²) in [4.78, 5) is 16.3. The molecule has 1 aromatic heterocycles. The molecule has 0 fully saturated rings. The van der Waals surface area contributed by atoms with Crippen LogP contribution in [0.25, 0.3) is 0 Å². The molecule has 128 valence electrons. The fraction of sp³-hybridized carbons (Fsp3) is 0.368. The van der Waals surface area contributed by atoms with E-state index in [1.165, 1.54) is 0 Å².